The van der Waals surface area contributed by atoms with Gasteiger partial charge in [0, 0.05) is 12.8 Å². The van der Waals surface area contributed by atoms with Gasteiger partial charge >= 0.3 is 12.1 Å². The van der Waals surface area contributed by atoms with Crippen LogP contribution in [0.5, 0.6) is 0 Å². The molecular weight excluding hydrogens is 309 g/mol. The molecule has 0 N–H and O–H groups in total. The molecule has 0 bridgehead atoms. The van der Waals surface area contributed by atoms with Gasteiger partial charge in [-0.25, -0.2) is 4.79 Å². The smallest absolute Gasteiger partial charge is 0.416 e. The van der Waals surface area contributed by atoms with Gasteiger partial charge in [0.25, 0.3) is 0 Å². The van der Waals surface area contributed by atoms with Crippen LogP contribution in [-0.4, -0.2) is 12.6 Å². The summed E-state index contributed by atoms with van der Waals surface area (Å²) in [5.74, 6) is 0.590. The van der Waals surface area contributed by atoms with Crippen LogP contribution in [0.3, 0.4) is 0 Å². The van der Waals surface area contributed by atoms with E-state index in [-0.39, 0.29) is 6.61 Å². The highest BCUT2D eigenvalue weighted by Gasteiger charge is 2.30. The van der Waals surface area contributed by atoms with E-state index in [0.29, 0.717) is 35.5 Å². The number of benzene rings is 1. The Balaban J connectivity index is 2.17. The Morgan fingerprint density at radius 3 is 2.74 bits per heavy atom. The molecule has 0 spiro atoms. The van der Waals surface area contributed by atoms with Crippen LogP contribution < -0.4 is 0 Å². The molecule has 0 aliphatic carbocycles. The molecule has 124 valence electrons. The van der Waals surface area contributed by atoms with Gasteiger partial charge in [-0.2, -0.15) is 13.2 Å². The van der Waals surface area contributed by atoms with E-state index in [1.54, 1.807) is 26.0 Å². The van der Waals surface area contributed by atoms with Crippen LogP contribution in [0, 0.1) is 0 Å². The minimum Gasteiger partial charge on any atom is -0.465 e. The van der Waals surface area contributed by atoms with Crippen molar-refractivity contribution in [2.75, 3.05) is 6.61 Å². The quantitative estimate of drug-likeness (QED) is 0.597. The summed E-state index contributed by atoms with van der Waals surface area (Å²) >= 11 is 0. The Morgan fingerprint density at radius 1 is 1.35 bits per heavy atom. The lowest BCUT2D eigenvalue weighted by atomic mass is 10.1. The molecule has 0 saturated carbocycles. The van der Waals surface area contributed by atoms with Crippen molar-refractivity contribution in [2.24, 2.45) is 0 Å². The first-order chi connectivity index (χ1) is 10.8. The third kappa shape index (κ3) is 4.37. The highest BCUT2D eigenvalue weighted by Crippen LogP contribution is 2.33. The summed E-state index contributed by atoms with van der Waals surface area (Å²) in [6.07, 6.45) is -1.77. The number of hydrogen-bond donors (Lipinski definition) is 0. The monoisotopic (exact) mass is 326 g/mol. The number of halogens is 3. The van der Waals surface area contributed by atoms with Crippen LogP contribution in [0.2, 0.25) is 0 Å². The van der Waals surface area contributed by atoms with Gasteiger partial charge in [0.05, 0.1) is 17.7 Å². The Kier molecular flexibility index (Phi) is 5.13. The molecule has 1 aromatic carbocycles. The van der Waals surface area contributed by atoms with Crippen LogP contribution in [0.25, 0.3) is 6.08 Å². The summed E-state index contributed by atoms with van der Waals surface area (Å²) in [6, 6.07) is 5.01. The fraction of sp³-hybridized carbons (Fsp3) is 0.353. The minimum absolute atomic E-state index is 0.274. The predicted octanol–water partition coefficient (Wildman–Crippen LogP) is 4.69. The van der Waals surface area contributed by atoms with Crippen LogP contribution in [0.15, 0.2) is 41.4 Å². The minimum atomic E-state index is -4.38. The number of esters is 1. The molecule has 1 saturated heterocycles. The van der Waals surface area contributed by atoms with Crippen LogP contribution in [0.1, 0.15) is 37.8 Å². The molecular formula is C17H17F3O3. The highest BCUT2D eigenvalue weighted by atomic mass is 19.4. The molecule has 2 rings (SSSR count). The van der Waals surface area contributed by atoms with E-state index in [2.05, 4.69) is 0 Å². The number of ether oxygens (including phenoxy) is 2. The van der Waals surface area contributed by atoms with Crippen molar-refractivity contribution in [3.63, 3.8) is 0 Å². The Bertz CT molecular complexity index is 657. The van der Waals surface area contributed by atoms with Gasteiger partial charge in [-0.3, -0.25) is 0 Å². The molecule has 0 radical (unpaired) electrons. The summed E-state index contributed by atoms with van der Waals surface area (Å²) in [7, 11) is 0. The normalized spacial score (nSPS) is 18.7. The molecule has 23 heavy (non-hydrogen) atoms. The molecule has 0 unspecified atom stereocenters. The van der Waals surface area contributed by atoms with E-state index in [4.69, 9.17) is 9.47 Å². The average molecular weight is 326 g/mol. The molecule has 1 fully saturated rings. The Morgan fingerprint density at radius 2 is 2.09 bits per heavy atom. The first kappa shape index (κ1) is 17.1. The molecule has 6 heteroatoms. The zero-order chi connectivity index (χ0) is 17.0. The second-order valence-corrected chi connectivity index (χ2v) is 5.10. The first-order valence-corrected chi connectivity index (χ1v) is 7.24. The van der Waals surface area contributed by atoms with Gasteiger partial charge < -0.3 is 9.47 Å². The fourth-order valence-corrected chi connectivity index (χ4v) is 2.21. The topological polar surface area (TPSA) is 35.5 Å². The van der Waals surface area contributed by atoms with Gasteiger partial charge in [0.15, 0.2) is 0 Å². The lowest BCUT2D eigenvalue weighted by molar-refractivity contribution is -0.139. The number of carbonyl (C=O) groups excluding carboxylic acids is 1. The van der Waals surface area contributed by atoms with E-state index in [0.717, 1.165) is 12.1 Å². The van der Waals surface area contributed by atoms with Crippen molar-refractivity contribution in [1.29, 1.82) is 0 Å². The molecule has 1 aliphatic heterocycles. The second kappa shape index (κ2) is 6.89. The summed E-state index contributed by atoms with van der Waals surface area (Å²) in [5.41, 5.74) is 0.0903. The maximum absolute atomic E-state index is 12.7. The third-order valence-electron chi connectivity index (χ3n) is 3.39. The van der Waals surface area contributed by atoms with Gasteiger partial charge in [0.1, 0.15) is 11.5 Å². The average Bonchev–Trinajstić information content (AvgIpc) is 2.94. The Hall–Kier alpha value is -2.24. The van der Waals surface area contributed by atoms with Crippen molar-refractivity contribution in [2.45, 2.75) is 32.9 Å². The number of rotatable bonds is 3. The van der Waals surface area contributed by atoms with Crippen LogP contribution in [0.4, 0.5) is 13.2 Å². The lowest BCUT2D eigenvalue weighted by Crippen LogP contribution is -2.07. The van der Waals surface area contributed by atoms with E-state index >= 15 is 0 Å². The van der Waals surface area contributed by atoms with Crippen molar-refractivity contribution >= 4 is 12.0 Å². The Labute approximate surface area is 132 Å². The highest BCUT2D eigenvalue weighted by molar-refractivity contribution is 5.88. The van der Waals surface area contributed by atoms with Gasteiger partial charge in [-0.15, -0.1) is 0 Å². The lowest BCUT2D eigenvalue weighted by Gasteiger charge is -2.08. The van der Waals surface area contributed by atoms with Gasteiger partial charge in [-0.1, -0.05) is 12.1 Å². The number of allylic oxidation sites excluding steroid dienone is 2. The molecule has 0 atom stereocenters. The van der Waals surface area contributed by atoms with E-state index in [1.165, 1.54) is 6.07 Å². The van der Waals surface area contributed by atoms with Gasteiger partial charge in [0.2, 0.25) is 0 Å². The molecule has 0 amide bonds. The standard InChI is InChI=1S/C17H17F3O3/c1-3-22-16(21)11(2)15-8-7-14(23-15)10-12-5-4-6-13(9-12)17(18,19)20/h4-6,9-10H,3,7-8H2,1-2H3/b14-10+,15-11+. The molecule has 3 nitrogen and oxygen atoms in total. The van der Waals surface area contributed by atoms with E-state index in [9.17, 15) is 18.0 Å². The number of carbonyl (C=O) groups is 1. The largest absolute Gasteiger partial charge is 0.465 e. The van der Waals surface area contributed by atoms with E-state index in [1.807, 2.05) is 0 Å². The zero-order valence-corrected chi connectivity index (χ0v) is 12.9. The van der Waals surface area contributed by atoms with Crippen molar-refractivity contribution in [3.05, 3.63) is 52.5 Å². The predicted molar refractivity (Wildman–Crippen MR) is 79.1 cm³/mol. The van der Waals surface area contributed by atoms with Crippen LogP contribution >= 0.6 is 0 Å². The number of alkyl halides is 3. The van der Waals surface area contributed by atoms with Gasteiger partial charge in [-0.05, 0) is 37.6 Å². The van der Waals surface area contributed by atoms with Crippen molar-refractivity contribution in [1.82, 2.24) is 0 Å². The summed E-state index contributed by atoms with van der Waals surface area (Å²) in [4.78, 5) is 11.6. The summed E-state index contributed by atoms with van der Waals surface area (Å²) in [6.45, 7) is 3.60. The summed E-state index contributed by atoms with van der Waals surface area (Å²) < 4.78 is 48.6. The molecule has 1 aliphatic rings. The molecule has 0 aromatic heterocycles. The SMILES string of the molecule is CCOC(=O)/C(C)=C1\CC/C(=C\c2cccc(C(F)(F)F)c2)O1. The first-order valence-electron chi connectivity index (χ1n) is 7.24. The zero-order valence-electron chi connectivity index (χ0n) is 12.9. The van der Waals surface area contributed by atoms with Crippen molar-refractivity contribution < 1.29 is 27.4 Å². The summed E-state index contributed by atoms with van der Waals surface area (Å²) in [5, 5.41) is 0. The molecule has 1 heterocycles. The second-order valence-electron chi connectivity index (χ2n) is 5.10. The molecule has 1 aromatic rings. The van der Waals surface area contributed by atoms with Crippen molar-refractivity contribution in [3.8, 4) is 0 Å². The fourth-order valence-electron chi connectivity index (χ4n) is 2.21. The maximum atomic E-state index is 12.7. The maximum Gasteiger partial charge on any atom is 0.416 e. The number of hydrogen-bond acceptors (Lipinski definition) is 3. The third-order valence-corrected chi connectivity index (χ3v) is 3.39. The van der Waals surface area contributed by atoms with E-state index < -0.39 is 17.7 Å². The van der Waals surface area contributed by atoms with Crippen LogP contribution in [-0.2, 0) is 20.4 Å².